The van der Waals surface area contributed by atoms with Crippen molar-refractivity contribution in [1.29, 1.82) is 0 Å². The molecule has 1 N–H and O–H groups in total. The van der Waals surface area contributed by atoms with Gasteiger partial charge < -0.3 is 5.32 Å². The number of benzene rings is 1. The van der Waals surface area contributed by atoms with Crippen molar-refractivity contribution in [1.82, 2.24) is 25.2 Å². The molecule has 144 valence electrons. The van der Waals surface area contributed by atoms with Crippen LogP contribution in [0, 0.1) is 6.92 Å². The average Bonchev–Trinajstić information content (AvgIpc) is 3.12. The first-order valence-corrected chi connectivity index (χ1v) is 10.3. The Bertz CT molecular complexity index is 928. The van der Waals surface area contributed by atoms with Crippen molar-refractivity contribution in [2.45, 2.75) is 32.4 Å². The lowest BCUT2D eigenvalue weighted by Crippen LogP contribution is -2.47. The molecule has 1 saturated heterocycles. The predicted molar refractivity (Wildman–Crippen MR) is 110 cm³/mol. The minimum atomic E-state index is -0.0521. The number of hydrogen-bond donors (Lipinski definition) is 1. The summed E-state index contributed by atoms with van der Waals surface area (Å²) in [6.45, 7) is 4.71. The average molecular weight is 394 g/mol. The van der Waals surface area contributed by atoms with Crippen molar-refractivity contribution >= 4 is 17.2 Å². The van der Waals surface area contributed by atoms with E-state index in [2.05, 4.69) is 49.4 Å². The van der Waals surface area contributed by atoms with Gasteiger partial charge in [-0.05, 0) is 37.9 Å². The zero-order valence-corrected chi connectivity index (χ0v) is 16.7. The molecule has 28 heavy (non-hydrogen) atoms. The number of hydrogen-bond acceptors (Lipinski definition) is 6. The van der Waals surface area contributed by atoms with E-state index in [1.54, 1.807) is 18.5 Å². The standard InChI is InChI=1S/C21H23N5OS/c1-15-18(28-21(24-15)19-22-10-6-11-23-19)20(27)25-17-9-5-12-26(14-17)13-16-7-3-2-4-8-16/h2-4,6-8,10-11,17H,5,9,12-14H2,1H3,(H,25,27). The molecule has 1 unspecified atom stereocenters. The van der Waals surface area contributed by atoms with Gasteiger partial charge in [-0.1, -0.05) is 30.3 Å². The number of aryl methyl sites for hydroxylation is 1. The Morgan fingerprint density at radius 1 is 1.21 bits per heavy atom. The number of nitrogens with one attached hydrogen (secondary N) is 1. The van der Waals surface area contributed by atoms with E-state index < -0.39 is 0 Å². The molecule has 4 rings (SSSR count). The van der Waals surface area contributed by atoms with E-state index in [4.69, 9.17) is 0 Å². The number of likely N-dealkylation sites (tertiary alicyclic amines) is 1. The molecule has 0 spiro atoms. The topological polar surface area (TPSA) is 71.0 Å². The largest absolute Gasteiger partial charge is 0.347 e. The summed E-state index contributed by atoms with van der Waals surface area (Å²) in [4.78, 5) is 28.8. The first kappa shape index (κ1) is 18.7. The third-order valence-corrected chi connectivity index (χ3v) is 6.00. The molecule has 1 aromatic carbocycles. The molecular weight excluding hydrogens is 370 g/mol. The molecule has 0 aliphatic carbocycles. The fourth-order valence-corrected chi connectivity index (χ4v) is 4.44. The molecule has 0 bridgehead atoms. The lowest BCUT2D eigenvalue weighted by molar-refractivity contribution is 0.0904. The SMILES string of the molecule is Cc1nc(-c2ncccn2)sc1C(=O)NC1CCCN(Cc2ccccc2)C1. The van der Waals surface area contributed by atoms with Crippen LogP contribution in [0.5, 0.6) is 0 Å². The molecule has 6 nitrogen and oxygen atoms in total. The maximum Gasteiger partial charge on any atom is 0.263 e. The highest BCUT2D eigenvalue weighted by Crippen LogP contribution is 2.25. The van der Waals surface area contributed by atoms with Gasteiger partial charge in [-0.15, -0.1) is 11.3 Å². The zero-order valence-electron chi connectivity index (χ0n) is 15.8. The van der Waals surface area contributed by atoms with Gasteiger partial charge in [-0.2, -0.15) is 0 Å². The second-order valence-electron chi connectivity index (χ2n) is 7.04. The van der Waals surface area contributed by atoms with Gasteiger partial charge in [0.1, 0.15) is 4.88 Å². The molecule has 3 aromatic rings. The van der Waals surface area contributed by atoms with E-state index in [0.717, 1.165) is 38.2 Å². The number of piperidine rings is 1. The third-order valence-electron chi connectivity index (χ3n) is 4.85. The van der Waals surface area contributed by atoms with E-state index in [9.17, 15) is 4.79 Å². The van der Waals surface area contributed by atoms with E-state index in [0.29, 0.717) is 15.7 Å². The van der Waals surface area contributed by atoms with Gasteiger partial charge in [0.25, 0.3) is 5.91 Å². The summed E-state index contributed by atoms with van der Waals surface area (Å²) in [7, 11) is 0. The summed E-state index contributed by atoms with van der Waals surface area (Å²) in [6, 6.07) is 12.4. The summed E-state index contributed by atoms with van der Waals surface area (Å²) in [6.07, 6.45) is 5.45. The first-order valence-electron chi connectivity index (χ1n) is 9.51. The molecule has 2 aromatic heterocycles. The second kappa shape index (κ2) is 8.58. The van der Waals surface area contributed by atoms with Crippen molar-refractivity contribution in [2.75, 3.05) is 13.1 Å². The fourth-order valence-electron chi connectivity index (χ4n) is 3.52. The smallest absolute Gasteiger partial charge is 0.263 e. The summed E-state index contributed by atoms with van der Waals surface area (Å²) < 4.78 is 0. The highest BCUT2D eigenvalue weighted by atomic mass is 32.1. The number of carbonyl (C=O) groups is 1. The minimum Gasteiger partial charge on any atom is -0.347 e. The Morgan fingerprint density at radius 3 is 2.79 bits per heavy atom. The van der Waals surface area contributed by atoms with Gasteiger partial charge in [0.05, 0.1) is 5.69 Å². The van der Waals surface area contributed by atoms with Crippen LogP contribution in [-0.2, 0) is 6.54 Å². The van der Waals surface area contributed by atoms with Gasteiger partial charge in [0.2, 0.25) is 0 Å². The number of amides is 1. The van der Waals surface area contributed by atoms with Crippen LogP contribution in [0.1, 0.15) is 33.8 Å². The fraction of sp³-hybridized carbons (Fsp3) is 0.333. The van der Waals surface area contributed by atoms with Crippen LogP contribution in [0.3, 0.4) is 0 Å². The highest BCUT2D eigenvalue weighted by molar-refractivity contribution is 7.17. The Balaban J connectivity index is 1.40. The Kier molecular flexibility index (Phi) is 5.73. The third kappa shape index (κ3) is 4.43. The van der Waals surface area contributed by atoms with E-state index >= 15 is 0 Å². The Labute approximate surface area is 168 Å². The molecule has 7 heteroatoms. The number of nitrogens with zero attached hydrogens (tertiary/aromatic N) is 4. The van der Waals surface area contributed by atoms with Crippen molar-refractivity contribution in [3.05, 3.63) is 64.9 Å². The molecule has 1 fully saturated rings. The molecule has 3 heterocycles. The van der Waals surface area contributed by atoms with Crippen LogP contribution in [-0.4, -0.2) is 44.9 Å². The van der Waals surface area contributed by atoms with Crippen molar-refractivity contribution in [2.24, 2.45) is 0 Å². The number of rotatable bonds is 5. The normalized spacial score (nSPS) is 17.4. The summed E-state index contributed by atoms with van der Waals surface area (Å²) in [5.74, 6) is 0.505. The number of thiazole rings is 1. The molecule has 1 aliphatic rings. The number of carbonyl (C=O) groups excluding carboxylic acids is 1. The summed E-state index contributed by atoms with van der Waals surface area (Å²) in [5, 5.41) is 3.88. The van der Waals surface area contributed by atoms with Crippen molar-refractivity contribution < 1.29 is 4.79 Å². The van der Waals surface area contributed by atoms with E-state index in [-0.39, 0.29) is 11.9 Å². The van der Waals surface area contributed by atoms with Crippen LogP contribution in [0.2, 0.25) is 0 Å². The van der Waals surface area contributed by atoms with Gasteiger partial charge in [0, 0.05) is 31.5 Å². The maximum absolute atomic E-state index is 12.8. The molecule has 1 atom stereocenters. The maximum atomic E-state index is 12.8. The van der Waals surface area contributed by atoms with Crippen LogP contribution < -0.4 is 5.32 Å². The van der Waals surface area contributed by atoms with Gasteiger partial charge in [-0.3, -0.25) is 9.69 Å². The second-order valence-corrected chi connectivity index (χ2v) is 8.04. The summed E-state index contributed by atoms with van der Waals surface area (Å²) >= 11 is 1.35. The highest BCUT2D eigenvalue weighted by Gasteiger charge is 2.24. The van der Waals surface area contributed by atoms with Crippen LogP contribution in [0.25, 0.3) is 10.8 Å². The molecule has 1 aliphatic heterocycles. The zero-order chi connectivity index (χ0) is 19.3. The van der Waals surface area contributed by atoms with Crippen LogP contribution in [0.15, 0.2) is 48.8 Å². The van der Waals surface area contributed by atoms with Gasteiger partial charge in [0.15, 0.2) is 10.8 Å². The van der Waals surface area contributed by atoms with E-state index in [1.165, 1.54) is 16.9 Å². The monoisotopic (exact) mass is 393 g/mol. The minimum absolute atomic E-state index is 0.0521. The van der Waals surface area contributed by atoms with Gasteiger partial charge >= 0.3 is 0 Å². The summed E-state index contributed by atoms with van der Waals surface area (Å²) in [5.41, 5.74) is 2.03. The van der Waals surface area contributed by atoms with Crippen LogP contribution >= 0.6 is 11.3 Å². The van der Waals surface area contributed by atoms with Gasteiger partial charge in [-0.25, -0.2) is 15.0 Å². The quantitative estimate of drug-likeness (QED) is 0.720. The van der Waals surface area contributed by atoms with Crippen LogP contribution in [0.4, 0.5) is 0 Å². The lowest BCUT2D eigenvalue weighted by Gasteiger charge is -2.33. The number of aromatic nitrogens is 3. The predicted octanol–water partition coefficient (Wildman–Crippen LogP) is 3.30. The Hall–Kier alpha value is -2.64. The lowest BCUT2D eigenvalue weighted by atomic mass is 10.0. The molecular formula is C21H23N5OS. The van der Waals surface area contributed by atoms with Crippen molar-refractivity contribution in [3.63, 3.8) is 0 Å². The van der Waals surface area contributed by atoms with Crippen molar-refractivity contribution in [3.8, 4) is 10.8 Å². The molecule has 1 amide bonds. The van der Waals surface area contributed by atoms with E-state index in [1.807, 2.05) is 13.0 Å². The first-order chi connectivity index (χ1) is 13.7. The molecule has 0 saturated carbocycles. The Morgan fingerprint density at radius 2 is 2.00 bits per heavy atom. The molecule has 0 radical (unpaired) electrons.